The molecule has 3 heteroatoms. The van der Waals surface area contributed by atoms with E-state index in [9.17, 15) is 0 Å². The van der Waals surface area contributed by atoms with Crippen molar-refractivity contribution in [2.24, 2.45) is 0 Å². The number of nitrogens with two attached hydrogens (primary N) is 1. The largest absolute Gasteiger partial charge is 0.368 e. The second-order valence-corrected chi connectivity index (χ2v) is 4.94. The molecule has 1 aromatic heterocycles. The van der Waals surface area contributed by atoms with Gasteiger partial charge in [0.05, 0.1) is 5.69 Å². The molecule has 0 spiro atoms. The Kier molecular flexibility index (Phi) is 2.74. The smallest absolute Gasteiger partial charge is 0.220 e. The molecule has 1 aliphatic rings. The van der Waals surface area contributed by atoms with E-state index in [0.717, 1.165) is 17.0 Å². The lowest BCUT2D eigenvalue weighted by molar-refractivity contribution is 0.686. The minimum absolute atomic E-state index is 0.350. The van der Waals surface area contributed by atoms with Crippen molar-refractivity contribution in [1.29, 1.82) is 0 Å². The number of anilines is 1. The number of hydrogen-bond donors (Lipinski definition) is 1. The van der Waals surface area contributed by atoms with Gasteiger partial charge in [-0.2, -0.15) is 0 Å². The number of rotatable bonds is 1. The normalized spacial score (nSPS) is 14.3. The van der Waals surface area contributed by atoms with E-state index in [1.54, 1.807) is 0 Å². The van der Waals surface area contributed by atoms with Gasteiger partial charge in [0.15, 0.2) is 0 Å². The molecular weight excluding hydrogens is 222 g/mol. The summed E-state index contributed by atoms with van der Waals surface area (Å²) in [5.41, 5.74) is 11.7. The summed E-state index contributed by atoms with van der Waals surface area (Å²) >= 11 is 0. The fraction of sp³-hybridized carbons (Fsp3) is 0.333. The van der Waals surface area contributed by atoms with Crippen molar-refractivity contribution in [1.82, 2.24) is 9.97 Å². The number of aromatic nitrogens is 2. The van der Waals surface area contributed by atoms with Crippen LogP contribution in [0.4, 0.5) is 5.95 Å². The summed E-state index contributed by atoms with van der Waals surface area (Å²) < 4.78 is 0. The monoisotopic (exact) mass is 239 g/mol. The molecule has 0 amide bonds. The van der Waals surface area contributed by atoms with E-state index in [-0.39, 0.29) is 0 Å². The van der Waals surface area contributed by atoms with Crippen LogP contribution in [-0.2, 0) is 12.8 Å². The zero-order valence-corrected chi connectivity index (χ0v) is 10.6. The molecule has 3 rings (SSSR count). The summed E-state index contributed by atoms with van der Waals surface area (Å²) in [5.74, 6) is 0.350. The Hall–Kier alpha value is -1.90. The van der Waals surface area contributed by atoms with Gasteiger partial charge >= 0.3 is 0 Å². The van der Waals surface area contributed by atoms with E-state index in [1.807, 2.05) is 13.0 Å². The van der Waals surface area contributed by atoms with E-state index in [4.69, 9.17) is 5.73 Å². The highest BCUT2D eigenvalue weighted by Crippen LogP contribution is 2.27. The third-order valence-corrected chi connectivity index (χ3v) is 3.52. The number of hydrogen-bond acceptors (Lipinski definition) is 3. The van der Waals surface area contributed by atoms with E-state index in [2.05, 4.69) is 28.2 Å². The maximum atomic E-state index is 5.71. The van der Waals surface area contributed by atoms with Crippen molar-refractivity contribution in [3.8, 4) is 11.3 Å². The van der Waals surface area contributed by atoms with Gasteiger partial charge in [0.2, 0.25) is 5.95 Å². The second kappa shape index (κ2) is 4.41. The minimum atomic E-state index is 0.350. The van der Waals surface area contributed by atoms with Crippen molar-refractivity contribution in [3.63, 3.8) is 0 Å². The van der Waals surface area contributed by atoms with Gasteiger partial charge in [-0.3, -0.25) is 0 Å². The summed E-state index contributed by atoms with van der Waals surface area (Å²) in [6.45, 7) is 1.94. The van der Waals surface area contributed by atoms with Crippen molar-refractivity contribution in [3.05, 3.63) is 41.1 Å². The van der Waals surface area contributed by atoms with Crippen LogP contribution in [0.1, 0.15) is 29.7 Å². The molecule has 0 unspecified atom stereocenters. The van der Waals surface area contributed by atoms with E-state index in [0.29, 0.717) is 5.95 Å². The first-order chi connectivity index (χ1) is 8.72. The maximum absolute atomic E-state index is 5.71. The highest BCUT2D eigenvalue weighted by molar-refractivity contribution is 5.62. The summed E-state index contributed by atoms with van der Waals surface area (Å²) in [4.78, 5) is 8.43. The number of nitrogens with zero attached hydrogens (tertiary/aromatic N) is 2. The molecule has 92 valence electrons. The maximum Gasteiger partial charge on any atom is 0.220 e. The zero-order valence-electron chi connectivity index (χ0n) is 10.6. The highest BCUT2D eigenvalue weighted by atomic mass is 15.0. The molecule has 0 fully saturated rings. The highest BCUT2D eigenvalue weighted by Gasteiger charge is 2.11. The van der Waals surface area contributed by atoms with Crippen LogP contribution in [0.5, 0.6) is 0 Å². The molecule has 0 aliphatic heterocycles. The summed E-state index contributed by atoms with van der Waals surface area (Å²) in [5, 5.41) is 0. The van der Waals surface area contributed by atoms with Gasteiger partial charge < -0.3 is 5.73 Å². The molecule has 2 aromatic rings. The van der Waals surface area contributed by atoms with Crippen LogP contribution in [0, 0.1) is 6.92 Å². The molecule has 3 nitrogen and oxygen atoms in total. The van der Waals surface area contributed by atoms with Gasteiger partial charge in [0.25, 0.3) is 0 Å². The molecule has 0 saturated heterocycles. The van der Waals surface area contributed by atoms with E-state index in [1.165, 1.54) is 36.8 Å². The van der Waals surface area contributed by atoms with Crippen molar-refractivity contribution < 1.29 is 0 Å². The Balaban J connectivity index is 2.06. The lowest BCUT2D eigenvalue weighted by Crippen LogP contribution is -2.03. The van der Waals surface area contributed by atoms with Crippen LogP contribution in [-0.4, -0.2) is 9.97 Å². The lowest BCUT2D eigenvalue weighted by atomic mass is 9.90. The van der Waals surface area contributed by atoms with Crippen LogP contribution in [0.25, 0.3) is 11.3 Å². The molecule has 0 saturated carbocycles. The number of fused-ring (bicyclic) bond motifs is 1. The standard InChI is InChI=1S/C15H17N3/c1-10-8-14(18-15(16)17-10)13-7-6-11-4-2-3-5-12(11)9-13/h6-9H,2-5H2,1H3,(H2,16,17,18). The average molecular weight is 239 g/mol. The van der Waals surface area contributed by atoms with Gasteiger partial charge in [0, 0.05) is 11.3 Å². The molecule has 0 atom stereocenters. The van der Waals surface area contributed by atoms with Gasteiger partial charge in [-0.25, -0.2) is 9.97 Å². The topological polar surface area (TPSA) is 51.8 Å². The van der Waals surface area contributed by atoms with Crippen molar-refractivity contribution in [2.75, 3.05) is 5.73 Å². The molecule has 1 heterocycles. The summed E-state index contributed by atoms with van der Waals surface area (Å²) in [7, 11) is 0. The summed E-state index contributed by atoms with van der Waals surface area (Å²) in [6.07, 6.45) is 5.00. The summed E-state index contributed by atoms with van der Waals surface area (Å²) in [6, 6.07) is 8.62. The molecule has 18 heavy (non-hydrogen) atoms. The van der Waals surface area contributed by atoms with Crippen molar-refractivity contribution in [2.45, 2.75) is 32.6 Å². The van der Waals surface area contributed by atoms with E-state index >= 15 is 0 Å². The van der Waals surface area contributed by atoms with Crippen LogP contribution < -0.4 is 5.73 Å². The number of nitrogen functional groups attached to an aromatic ring is 1. The van der Waals surface area contributed by atoms with Crippen LogP contribution in [0.3, 0.4) is 0 Å². The minimum Gasteiger partial charge on any atom is -0.368 e. The Morgan fingerprint density at radius 1 is 1.00 bits per heavy atom. The Morgan fingerprint density at radius 3 is 2.56 bits per heavy atom. The van der Waals surface area contributed by atoms with Gasteiger partial charge in [-0.1, -0.05) is 12.1 Å². The second-order valence-electron chi connectivity index (χ2n) is 4.94. The third-order valence-electron chi connectivity index (χ3n) is 3.52. The van der Waals surface area contributed by atoms with Gasteiger partial charge in [0.1, 0.15) is 0 Å². The molecule has 1 aromatic carbocycles. The Bertz CT molecular complexity index is 570. The first-order valence-electron chi connectivity index (χ1n) is 6.46. The third kappa shape index (κ3) is 2.08. The molecule has 0 bridgehead atoms. The SMILES string of the molecule is Cc1cc(-c2ccc3c(c2)CCCC3)nc(N)n1. The average Bonchev–Trinajstić information content (AvgIpc) is 2.37. The van der Waals surface area contributed by atoms with Gasteiger partial charge in [-0.15, -0.1) is 0 Å². The van der Waals surface area contributed by atoms with Crippen LogP contribution in [0.15, 0.2) is 24.3 Å². The van der Waals surface area contributed by atoms with Gasteiger partial charge in [-0.05, 0) is 55.9 Å². The first kappa shape index (κ1) is 11.2. The Labute approximate surface area is 107 Å². The quantitative estimate of drug-likeness (QED) is 0.832. The zero-order chi connectivity index (χ0) is 12.5. The molecule has 2 N–H and O–H groups in total. The van der Waals surface area contributed by atoms with Crippen LogP contribution >= 0.6 is 0 Å². The first-order valence-corrected chi connectivity index (χ1v) is 6.46. The van der Waals surface area contributed by atoms with Crippen LogP contribution in [0.2, 0.25) is 0 Å². The molecule has 1 aliphatic carbocycles. The predicted molar refractivity (Wildman–Crippen MR) is 73.3 cm³/mol. The number of aryl methyl sites for hydroxylation is 3. The van der Waals surface area contributed by atoms with Crippen molar-refractivity contribution >= 4 is 5.95 Å². The van der Waals surface area contributed by atoms with E-state index < -0.39 is 0 Å². The predicted octanol–water partition coefficient (Wildman–Crippen LogP) is 2.91. The molecule has 0 radical (unpaired) electrons. The lowest BCUT2D eigenvalue weighted by Gasteiger charge is -2.16. The number of benzene rings is 1. The fourth-order valence-electron chi connectivity index (χ4n) is 2.63. The molecular formula is C15H17N3. The Morgan fingerprint density at radius 2 is 1.78 bits per heavy atom. The fourth-order valence-corrected chi connectivity index (χ4v) is 2.63.